The van der Waals surface area contributed by atoms with Crippen LogP contribution in [0.2, 0.25) is 0 Å². The molecule has 0 radical (unpaired) electrons. The van der Waals surface area contributed by atoms with E-state index in [1.807, 2.05) is 0 Å². The van der Waals surface area contributed by atoms with Gasteiger partial charge in [0.2, 0.25) is 11.7 Å². The number of alkyl halides is 1. The molecule has 6 rings (SSSR count). The van der Waals surface area contributed by atoms with Gasteiger partial charge in [-0.2, -0.15) is 4.98 Å². The van der Waals surface area contributed by atoms with E-state index in [2.05, 4.69) is 42.3 Å². The number of halogens is 1. The molecule has 0 amide bonds. The molecule has 4 aromatic heterocycles. The van der Waals surface area contributed by atoms with Crippen LogP contribution in [0.4, 0.5) is 10.3 Å². The molecule has 232 valence electrons. The van der Waals surface area contributed by atoms with Gasteiger partial charge in [-0.15, -0.1) is 0 Å². The maximum atomic E-state index is 15.3. The summed E-state index contributed by atoms with van der Waals surface area (Å²) < 4.78 is 52.9. The zero-order valence-corrected chi connectivity index (χ0v) is 25.1. The molecular formula is C22H27FN8O9P2S. The number of nitrogens with zero attached hydrogens (tertiary/aromatic N) is 6. The van der Waals surface area contributed by atoms with Crippen LogP contribution < -0.4 is 16.9 Å². The third-order valence-electron chi connectivity index (χ3n) is 7.28. The number of hydrogen-bond donors (Lipinski definition) is 4. The lowest BCUT2D eigenvalue weighted by Crippen LogP contribution is -2.32. The van der Waals surface area contributed by atoms with E-state index in [-0.39, 0.29) is 42.5 Å². The van der Waals surface area contributed by atoms with Crippen molar-refractivity contribution in [2.24, 2.45) is 5.92 Å². The van der Waals surface area contributed by atoms with Gasteiger partial charge in [-0.05, 0) is 12.9 Å². The lowest BCUT2D eigenvalue weighted by molar-refractivity contribution is -0.0453. The molecule has 0 aliphatic carbocycles. The van der Waals surface area contributed by atoms with Crippen molar-refractivity contribution in [1.82, 2.24) is 33.5 Å². The Kier molecular flexibility index (Phi) is 9.07. The maximum Gasteiger partial charge on any atom is 0.280 e. The van der Waals surface area contributed by atoms with Crippen molar-refractivity contribution >= 4 is 54.3 Å². The Morgan fingerprint density at radius 3 is 2.72 bits per heavy atom. The minimum atomic E-state index is -1.66. The number of H-pyrrole nitrogens is 1. The predicted molar refractivity (Wildman–Crippen MR) is 154 cm³/mol. The number of nitrogen functional groups attached to an aromatic ring is 1. The van der Waals surface area contributed by atoms with E-state index >= 15 is 4.39 Å². The first-order valence-electron chi connectivity index (χ1n) is 12.8. The fraction of sp³-hybridized carbons (Fsp3) is 0.500. The molecule has 2 aliphatic heterocycles. The highest BCUT2D eigenvalue weighted by molar-refractivity contribution is 7.75. The molecule has 21 heteroatoms. The molecule has 2 fully saturated rings. The van der Waals surface area contributed by atoms with Crippen LogP contribution in [0, 0.1) is 5.92 Å². The molecule has 10 atom stereocenters. The molecule has 2 unspecified atom stereocenters. The summed E-state index contributed by atoms with van der Waals surface area (Å²) in [6.07, 6.45) is -1.64. The van der Waals surface area contributed by atoms with Crippen LogP contribution in [-0.4, -0.2) is 89.0 Å². The number of imidazole rings is 2. The monoisotopic (exact) mass is 660 g/mol. The van der Waals surface area contributed by atoms with E-state index in [1.165, 1.54) is 40.0 Å². The van der Waals surface area contributed by atoms with Crippen molar-refractivity contribution in [2.75, 3.05) is 25.6 Å². The van der Waals surface area contributed by atoms with Gasteiger partial charge in [0.05, 0.1) is 32.3 Å². The molecule has 43 heavy (non-hydrogen) atoms. The highest BCUT2D eigenvalue weighted by Crippen LogP contribution is 2.38. The molecule has 4 N–H and O–H groups in total. The van der Waals surface area contributed by atoms with Gasteiger partial charge in [0.15, 0.2) is 44.9 Å². The number of ether oxygens (including phenoxy) is 2. The van der Waals surface area contributed by atoms with Gasteiger partial charge in [-0.1, -0.05) is 0 Å². The Morgan fingerprint density at radius 1 is 1.14 bits per heavy atom. The third kappa shape index (κ3) is 5.70. The number of thiol groups is 1. The van der Waals surface area contributed by atoms with Crippen LogP contribution in [0.15, 0.2) is 40.6 Å². The van der Waals surface area contributed by atoms with E-state index in [1.54, 1.807) is 4.57 Å². The van der Waals surface area contributed by atoms with E-state index in [4.69, 9.17) is 33.0 Å². The number of aliphatic hydroxyl groups is 1. The number of fused-ring (bicyclic) bond motifs is 2. The average molecular weight is 661 g/mol. The van der Waals surface area contributed by atoms with Crippen LogP contribution in [0.3, 0.4) is 0 Å². The second-order valence-corrected chi connectivity index (χ2v) is 11.1. The van der Waals surface area contributed by atoms with E-state index in [0.29, 0.717) is 5.78 Å². The minimum Gasteiger partial charge on any atom is -0.388 e. The molecule has 0 bridgehead atoms. The zero-order chi connectivity index (χ0) is 30.2. The largest absolute Gasteiger partial charge is 0.388 e. The lowest BCUT2D eigenvalue weighted by Gasteiger charge is -2.21. The van der Waals surface area contributed by atoms with Crippen LogP contribution >= 0.6 is 31.4 Å². The fourth-order valence-electron chi connectivity index (χ4n) is 5.22. The summed E-state index contributed by atoms with van der Waals surface area (Å²) in [4.78, 5) is 38.9. The normalized spacial score (nSPS) is 29.6. The minimum absolute atomic E-state index is 0.00131. The Hall–Kier alpha value is -2.57. The standard InChI is InChI=1S/C22H27FN8O9P2S/c23-13-11(39-20(16(13)40-43)31-8-26-14-17(31)27-21(24)28-18(14)34)7-37-42-36-5-9-10(6-35-41)38-19(15(9)33)30-3-1-12(32)29-4-2-25-22(29)30/h1-4,8-11,13,15-16,19-20,33,42-43H,5-7,41H2,(H3,24,27,28,34)/t9-,10-,11-,13-,15-,16-,19-,20-/m1/s1. The van der Waals surface area contributed by atoms with Crippen LogP contribution in [0.1, 0.15) is 12.5 Å². The first-order valence-corrected chi connectivity index (χ1v) is 14.5. The summed E-state index contributed by atoms with van der Waals surface area (Å²) in [7, 11) is 1.60. The van der Waals surface area contributed by atoms with Crippen molar-refractivity contribution in [2.45, 2.75) is 43.0 Å². The number of aromatic nitrogens is 7. The van der Waals surface area contributed by atoms with Gasteiger partial charge >= 0.3 is 0 Å². The number of aromatic amines is 1. The Morgan fingerprint density at radius 2 is 1.93 bits per heavy atom. The van der Waals surface area contributed by atoms with Crippen molar-refractivity contribution in [3.8, 4) is 0 Å². The number of aliphatic hydroxyl groups excluding tert-OH is 1. The van der Waals surface area contributed by atoms with Crippen molar-refractivity contribution in [3.05, 3.63) is 51.7 Å². The zero-order valence-electron chi connectivity index (χ0n) is 22.0. The number of nitrogens with one attached hydrogen (secondary N) is 1. The van der Waals surface area contributed by atoms with Gasteiger partial charge in [0.25, 0.3) is 11.1 Å². The van der Waals surface area contributed by atoms with Crippen LogP contribution in [0.25, 0.3) is 16.9 Å². The van der Waals surface area contributed by atoms with Gasteiger partial charge in [-0.3, -0.25) is 28.1 Å². The maximum absolute atomic E-state index is 15.3. The third-order valence-corrected chi connectivity index (χ3v) is 8.28. The molecule has 0 saturated carbocycles. The summed E-state index contributed by atoms with van der Waals surface area (Å²) in [6.45, 7) is -0.0351. The molecule has 4 aromatic rings. The predicted octanol–water partition coefficient (Wildman–Crippen LogP) is -0.100. The quantitative estimate of drug-likeness (QED) is 0.0719. The van der Waals surface area contributed by atoms with Crippen molar-refractivity contribution in [1.29, 1.82) is 0 Å². The first-order chi connectivity index (χ1) is 20.8. The molecule has 6 heterocycles. The molecule has 17 nitrogen and oxygen atoms in total. The highest BCUT2D eigenvalue weighted by Gasteiger charge is 2.48. The second-order valence-electron chi connectivity index (χ2n) is 9.77. The van der Waals surface area contributed by atoms with Crippen molar-refractivity contribution < 1.29 is 36.7 Å². The van der Waals surface area contributed by atoms with Gasteiger partial charge in [-0.25, -0.2) is 14.4 Å². The van der Waals surface area contributed by atoms with E-state index < -0.39 is 63.6 Å². The number of rotatable bonds is 11. The summed E-state index contributed by atoms with van der Waals surface area (Å²) in [5, 5.41) is 11.1. The average Bonchev–Trinajstić information content (AvgIpc) is 3.76. The van der Waals surface area contributed by atoms with E-state index in [0.717, 1.165) is 0 Å². The fourth-order valence-corrected chi connectivity index (χ4v) is 6.20. The van der Waals surface area contributed by atoms with Crippen LogP contribution in [0.5, 0.6) is 0 Å². The van der Waals surface area contributed by atoms with Gasteiger partial charge < -0.3 is 38.1 Å². The topological polar surface area (TPSA) is 204 Å². The van der Waals surface area contributed by atoms with Gasteiger partial charge in [0.1, 0.15) is 12.2 Å². The molecule has 0 spiro atoms. The second kappa shape index (κ2) is 12.8. The van der Waals surface area contributed by atoms with E-state index in [9.17, 15) is 14.7 Å². The lowest BCUT2D eigenvalue weighted by atomic mass is 9.99. The van der Waals surface area contributed by atoms with Crippen molar-refractivity contribution in [3.63, 3.8) is 0 Å². The number of anilines is 1. The van der Waals surface area contributed by atoms with Crippen LogP contribution in [-0.2, 0) is 27.2 Å². The molecule has 2 aliphatic rings. The van der Waals surface area contributed by atoms with Gasteiger partial charge in [0, 0.05) is 40.0 Å². The Labute approximate surface area is 250 Å². The molecule has 2 saturated heterocycles. The summed E-state index contributed by atoms with van der Waals surface area (Å²) in [5.74, 6) is -0.362. The summed E-state index contributed by atoms with van der Waals surface area (Å²) >= 11 is 3.80. The number of hydrogen-bond acceptors (Lipinski definition) is 14. The highest BCUT2D eigenvalue weighted by atomic mass is 32.1. The Balaban J connectivity index is 1.06. The first kappa shape index (κ1) is 30.5. The molecular weight excluding hydrogens is 633 g/mol. The SMILES string of the molecule is Nc1nc2c(ncn2[C@@H]2O[C@H](COPOC[C@H]3[C@@H](O)[C@H](n4ccc(=O)n5ccnc45)O[C@@H]3COP)[C@@H](F)[C@H]2OS)c(=O)[nH]1. The number of nitrogens with two attached hydrogens (primary N) is 1. The summed E-state index contributed by atoms with van der Waals surface area (Å²) in [6, 6.07) is 1.35. The summed E-state index contributed by atoms with van der Waals surface area (Å²) in [5.41, 5.74) is 4.93. The Bertz CT molecular complexity index is 1710. The smallest absolute Gasteiger partial charge is 0.280 e. The molecule has 0 aromatic carbocycles.